The first-order chi connectivity index (χ1) is 8.67. The van der Waals surface area contributed by atoms with E-state index in [-0.39, 0.29) is 0 Å². The average Bonchev–Trinajstić information content (AvgIpc) is 2.35. The minimum absolute atomic E-state index is 0.407. The van der Waals surface area contributed by atoms with Crippen LogP contribution < -0.4 is 0 Å². The van der Waals surface area contributed by atoms with Crippen molar-refractivity contribution in [3.63, 3.8) is 0 Å². The normalized spacial score (nSPS) is 11.2. The van der Waals surface area contributed by atoms with E-state index in [2.05, 4.69) is 9.88 Å². The van der Waals surface area contributed by atoms with Crippen LogP contribution in [0.4, 0.5) is 0 Å². The zero-order chi connectivity index (χ0) is 13.4. The van der Waals surface area contributed by atoms with Crippen molar-refractivity contribution in [3.8, 4) is 0 Å². The summed E-state index contributed by atoms with van der Waals surface area (Å²) in [6.45, 7) is 3.68. The quantitative estimate of drug-likeness (QED) is 0.690. The van der Waals surface area contributed by atoms with Gasteiger partial charge in [0.25, 0.3) is 0 Å². The third-order valence-electron chi connectivity index (χ3n) is 2.51. The fourth-order valence-electron chi connectivity index (χ4n) is 1.50. The predicted molar refractivity (Wildman–Crippen MR) is 73.3 cm³/mol. The number of rotatable bonds is 8. The van der Waals surface area contributed by atoms with Gasteiger partial charge in [-0.25, -0.2) is 4.98 Å². The average molecular weight is 293 g/mol. The molecule has 0 bridgehead atoms. The molecule has 0 radical (unpaired) electrons. The number of hydrogen-bond acceptors (Lipinski definition) is 4. The van der Waals surface area contributed by atoms with Gasteiger partial charge in [0, 0.05) is 50.6 Å². The summed E-state index contributed by atoms with van der Waals surface area (Å²) >= 11 is 11.9. The van der Waals surface area contributed by atoms with E-state index in [4.69, 9.17) is 32.7 Å². The van der Waals surface area contributed by atoms with Crippen molar-refractivity contribution >= 4 is 23.2 Å². The molecule has 1 aromatic heterocycles. The number of nitrogens with zero attached hydrogens (tertiary/aromatic N) is 2. The van der Waals surface area contributed by atoms with E-state index in [1.165, 1.54) is 0 Å². The first kappa shape index (κ1) is 15.7. The van der Waals surface area contributed by atoms with Gasteiger partial charge in [0.15, 0.2) is 0 Å². The van der Waals surface area contributed by atoms with Gasteiger partial charge in [-0.2, -0.15) is 0 Å². The summed E-state index contributed by atoms with van der Waals surface area (Å²) in [6.07, 6.45) is 1.71. The van der Waals surface area contributed by atoms with Gasteiger partial charge in [0.05, 0.1) is 13.2 Å². The fourth-order valence-corrected chi connectivity index (χ4v) is 1.93. The molecule has 0 amide bonds. The van der Waals surface area contributed by atoms with Crippen molar-refractivity contribution in [2.75, 3.05) is 40.5 Å². The largest absolute Gasteiger partial charge is 0.383 e. The second kappa shape index (κ2) is 8.67. The Morgan fingerprint density at radius 2 is 1.78 bits per heavy atom. The van der Waals surface area contributed by atoms with Gasteiger partial charge in [-0.15, -0.1) is 0 Å². The van der Waals surface area contributed by atoms with Crippen molar-refractivity contribution < 1.29 is 9.47 Å². The highest BCUT2D eigenvalue weighted by atomic mass is 35.5. The maximum absolute atomic E-state index is 6.13. The van der Waals surface area contributed by atoms with Crippen LogP contribution in [0.2, 0.25) is 10.2 Å². The molecule has 102 valence electrons. The zero-order valence-corrected chi connectivity index (χ0v) is 12.2. The molecule has 0 aliphatic heterocycles. The molecule has 1 heterocycles. The van der Waals surface area contributed by atoms with E-state index in [1.807, 2.05) is 0 Å². The molecule has 1 rings (SSSR count). The molecule has 4 nitrogen and oxygen atoms in total. The molecule has 0 saturated carbocycles. The summed E-state index contributed by atoms with van der Waals surface area (Å²) in [5.74, 6) is 0. The Kier molecular flexibility index (Phi) is 7.54. The van der Waals surface area contributed by atoms with Crippen LogP contribution in [0.25, 0.3) is 0 Å². The summed E-state index contributed by atoms with van der Waals surface area (Å²) in [6, 6.07) is 1.66. The van der Waals surface area contributed by atoms with Crippen LogP contribution in [0.3, 0.4) is 0 Å². The second-order valence-electron chi connectivity index (χ2n) is 3.86. The summed E-state index contributed by atoms with van der Waals surface area (Å²) < 4.78 is 10.2. The second-order valence-corrected chi connectivity index (χ2v) is 4.65. The number of hydrogen-bond donors (Lipinski definition) is 0. The molecule has 6 heteroatoms. The molecular formula is C12H18Cl2N2O2. The minimum atomic E-state index is 0.407. The van der Waals surface area contributed by atoms with Gasteiger partial charge in [-0.3, -0.25) is 4.90 Å². The van der Waals surface area contributed by atoms with E-state index in [1.54, 1.807) is 26.5 Å². The molecule has 1 aromatic rings. The third kappa shape index (κ3) is 5.50. The Morgan fingerprint density at radius 3 is 2.28 bits per heavy atom. The standard InChI is InChI=1S/C12H18Cl2N2O2/c1-17-5-3-16(4-6-18-2)9-10-8-15-12(14)7-11(10)13/h7-8H,3-6,9H2,1-2H3. The predicted octanol–water partition coefficient (Wildman–Crippen LogP) is 2.48. The first-order valence-electron chi connectivity index (χ1n) is 5.67. The molecule has 18 heavy (non-hydrogen) atoms. The van der Waals surface area contributed by atoms with Gasteiger partial charge < -0.3 is 9.47 Å². The summed E-state index contributed by atoms with van der Waals surface area (Å²) in [5, 5.41) is 1.04. The van der Waals surface area contributed by atoms with Crippen LogP contribution in [0.1, 0.15) is 5.56 Å². The molecule has 0 saturated heterocycles. The number of ether oxygens (including phenoxy) is 2. The molecule has 0 aromatic carbocycles. The van der Waals surface area contributed by atoms with Gasteiger partial charge in [0.2, 0.25) is 0 Å². The third-order valence-corrected chi connectivity index (χ3v) is 3.07. The van der Waals surface area contributed by atoms with E-state index < -0.39 is 0 Å². The number of pyridine rings is 1. The molecule has 0 aliphatic rings. The number of methoxy groups -OCH3 is 2. The molecule has 0 unspecified atom stereocenters. The van der Waals surface area contributed by atoms with Crippen molar-refractivity contribution in [2.45, 2.75) is 6.54 Å². The highest BCUT2D eigenvalue weighted by molar-refractivity contribution is 6.34. The minimum Gasteiger partial charge on any atom is -0.383 e. The molecule has 0 atom stereocenters. The van der Waals surface area contributed by atoms with Crippen LogP contribution in [-0.2, 0) is 16.0 Å². The van der Waals surface area contributed by atoms with Gasteiger partial charge in [-0.1, -0.05) is 23.2 Å². The van der Waals surface area contributed by atoms with Crippen LogP contribution in [0.15, 0.2) is 12.3 Å². The fraction of sp³-hybridized carbons (Fsp3) is 0.583. The summed E-state index contributed by atoms with van der Waals surface area (Å²) in [5.41, 5.74) is 0.952. The molecule has 0 N–H and O–H groups in total. The maximum atomic E-state index is 6.13. The highest BCUT2D eigenvalue weighted by Gasteiger charge is 2.09. The monoisotopic (exact) mass is 292 g/mol. The van der Waals surface area contributed by atoms with Crippen molar-refractivity contribution in [2.24, 2.45) is 0 Å². The summed E-state index contributed by atoms with van der Waals surface area (Å²) in [4.78, 5) is 6.24. The van der Waals surface area contributed by atoms with Crippen LogP contribution in [0, 0.1) is 0 Å². The van der Waals surface area contributed by atoms with Crippen LogP contribution in [0.5, 0.6) is 0 Å². The number of aromatic nitrogens is 1. The van der Waals surface area contributed by atoms with E-state index in [0.717, 1.165) is 18.7 Å². The SMILES string of the molecule is COCCN(CCOC)Cc1cnc(Cl)cc1Cl. The van der Waals surface area contributed by atoms with Gasteiger partial charge in [0.1, 0.15) is 5.15 Å². The lowest BCUT2D eigenvalue weighted by Gasteiger charge is -2.22. The lowest BCUT2D eigenvalue weighted by molar-refractivity contribution is 0.110. The van der Waals surface area contributed by atoms with E-state index in [9.17, 15) is 0 Å². The lowest BCUT2D eigenvalue weighted by Crippen LogP contribution is -2.30. The van der Waals surface area contributed by atoms with E-state index >= 15 is 0 Å². The molecule has 0 spiro atoms. The molecule has 0 fully saturated rings. The van der Waals surface area contributed by atoms with Gasteiger partial charge >= 0.3 is 0 Å². The topological polar surface area (TPSA) is 34.6 Å². The smallest absolute Gasteiger partial charge is 0.130 e. The Balaban J connectivity index is 2.62. The van der Waals surface area contributed by atoms with Gasteiger partial charge in [-0.05, 0) is 6.07 Å². The van der Waals surface area contributed by atoms with Crippen molar-refractivity contribution in [1.29, 1.82) is 0 Å². The molecular weight excluding hydrogens is 275 g/mol. The summed E-state index contributed by atoms with van der Waals surface area (Å²) in [7, 11) is 3.37. The Hall–Kier alpha value is -0.390. The van der Waals surface area contributed by atoms with E-state index in [0.29, 0.717) is 29.9 Å². The Morgan fingerprint density at radius 1 is 1.17 bits per heavy atom. The Bertz CT molecular complexity index is 356. The number of halogens is 2. The zero-order valence-electron chi connectivity index (χ0n) is 10.7. The lowest BCUT2D eigenvalue weighted by atomic mass is 10.2. The van der Waals surface area contributed by atoms with Crippen LogP contribution >= 0.6 is 23.2 Å². The maximum Gasteiger partial charge on any atom is 0.130 e. The Labute approximate surface area is 118 Å². The van der Waals surface area contributed by atoms with Crippen LogP contribution in [-0.4, -0.2) is 50.4 Å². The highest BCUT2D eigenvalue weighted by Crippen LogP contribution is 2.19. The van der Waals surface area contributed by atoms with Crippen molar-refractivity contribution in [1.82, 2.24) is 9.88 Å². The molecule has 0 aliphatic carbocycles. The first-order valence-corrected chi connectivity index (χ1v) is 6.43. The van der Waals surface area contributed by atoms with Crippen molar-refractivity contribution in [3.05, 3.63) is 28.0 Å².